The van der Waals surface area contributed by atoms with Crippen LogP contribution in [-0.2, 0) is 6.61 Å². The van der Waals surface area contributed by atoms with E-state index < -0.39 is 0 Å². The number of ether oxygens (including phenoxy) is 2. The molecule has 4 rings (SSSR count). The Morgan fingerprint density at radius 2 is 1.66 bits per heavy atom. The summed E-state index contributed by atoms with van der Waals surface area (Å²) in [5, 5.41) is 3.17. The minimum atomic E-state index is -0.0793. The average Bonchev–Trinajstić information content (AvgIpc) is 3.38. The van der Waals surface area contributed by atoms with Gasteiger partial charge in [-0.25, -0.2) is 0 Å². The van der Waals surface area contributed by atoms with Gasteiger partial charge in [0.15, 0.2) is 0 Å². The lowest BCUT2D eigenvalue weighted by molar-refractivity contribution is 0.0935. The molecule has 1 amide bonds. The van der Waals surface area contributed by atoms with Gasteiger partial charge in [0.1, 0.15) is 18.1 Å². The Labute approximate surface area is 190 Å². The maximum absolute atomic E-state index is 13.1. The van der Waals surface area contributed by atoms with Crippen molar-refractivity contribution in [3.05, 3.63) is 95.6 Å². The van der Waals surface area contributed by atoms with E-state index in [1.807, 2.05) is 66.7 Å². The van der Waals surface area contributed by atoms with E-state index in [0.29, 0.717) is 18.7 Å². The third-order valence-corrected chi connectivity index (χ3v) is 5.92. The number of likely N-dealkylation sites (tertiary alicyclic amines) is 1. The Balaban J connectivity index is 1.46. The number of carbonyl (C=O) groups excluding carboxylic acids is 1. The zero-order chi connectivity index (χ0) is 22.2. The molecule has 1 saturated heterocycles. The third-order valence-electron chi connectivity index (χ3n) is 5.92. The van der Waals surface area contributed by atoms with Crippen molar-refractivity contribution in [2.75, 3.05) is 26.7 Å². The van der Waals surface area contributed by atoms with Crippen LogP contribution in [-0.4, -0.2) is 37.6 Å². The van der Waals surface area contributed by atoms with Crippen molar-refractivity contribution >= 4 is 5.91 Å². The maximum atomic E-state index is 13.1. The highest BCUT2D eigenvalue weighted by Gasteiger charge is 2.25. The fourth-order valence-electron chi connectivity index (χ4n) is 4.19. The molecule has 0 spiro atoms. The molecule has 166 valence electrons. The summed E-state index contributed by atoms with van der Waals surface area (Å²) in [6.45, 7) is 2.97. The third kappa shape index (κ3) is 5.48. The van der Waals surface area contributed by atoms with Gasteiger partial charge >= 0.3 is 0 Å². The number of nitrogens with one attached hydrogen (secondary N) is 1. The van der Waals surface area contributed by atoms with Gasteiger partial charge in [0.2, 0.25) is 0 Å². The van der Waals surface area contributed by atoms with Gasteiger partial charge in [0.25, 0.3) is 5.91 Å². The van der Waals surface area contributed by atoms with Gasteiger partial charge in [-0.2, -0.15) is 0 Å². The molecule has 1 atom stereocenters. The first-order chi connectivity index (χ1) is 15.7. The van der Waals surface area contributed by atoms with Gasteiger partial charge in [0.05, 0.1) is 13.2 Å². The van der Waals surface area contributed by atoms with E-state index in [0.717, 1.165) is 35.7 Å². The van der Waals surface area contributed by atoms with Crippen LogP contribution in [0.1, 0.15) is 40.4 Å². The van der Waals surface area contributed by atoms with E-state index in [1.165, 1.54) is 12.8 Å². The van der Waals surface area contributed by atoms with Crippen LogP contribution >= 0.6 is 0 Å². The highest BCUT2D eigenvalue weighted by atomic mass is 16.5. The first kappa shape index (κ1) is 21.9. The van der Waals surface area contributed by atoms with Crippen LogP contribution in [0.4, 0.5) is 0 Å². The molecule has 0 bridgehead atoms. The first-order valence-electron chi connectivity index (χ1n) is 11.2. The fraction of sp³-hybridized carbons (Fsp3) is 0.296. The van der Waals surface area contributed by atoms with E-state index >= 15 is 0 Å². The average molecular weight is 431 g/mol. The van der Waals surface area contributed by atoms with Crippen molar-refractivity contribution < 1.29 is 14.3 Å². The number of hydrogen-bond donors (Lipinski definition) is 1. The van der Waals surface area contributed by atoms with Crippen LogP contribution in [0.15, 0.2) is 78.9 Å². The molecule has 0 aliphatic carbocycles. The smallest absolute Gasteiger partial charge is 0.251 e. The largest absolute Gasteiger partial charge is 0.497 e. The van der Waals surface area contributed by atoms with Gasteiger partial charge in [0, 0.05) is 17.7 Å². The van der Waals surface area contributed by atoms with E-state index in [9.17, 15) is 4.79 Å². The lowest BCUT2D eigenvalue weighted by atomic mass is 10.0. The van der Waals surface area contributed by atoms with Crippen LogP contribution < -0.4 is 14.8 Å². The highest BCUT2D eigenvalue weighted by molar-refractivity contribution is 5.95. The van der Waals surface area contributed by atoms with Crippen LogP contribution in [0.2, 0.25) is 0 Å². The molecule has 0 radical (unpaired) electrons. The quantitative estimate of drug-likeness (QED) is 0.528. The minimum Gasteiger partial charge on any atom is -0.497 e. The van der Waals surface area contributed by atoms with Crippen molar-refractivity contribution in [1.29, 1.82) is 0 Å². The molecule has 1 N–H and O–H groups in total. The number of hydrogen-bond acceptors (Lipinski definition) is 4. The van der Waals surface area contributed by atoms with E-state index in [4.69, 9.17) is 9.47 Å². The minimum absolute atomic E-state index is 0.0793. The van der Waals surface area contributed by atoms with Gasteiger partial charge in [-0.1, -0.05) is 48.5 Å². The molecule has 1 unspecified atom stereocenters. The summed E-state index contributed by atoms with van der Waals surface area (Å²) < 4.78 is 11.3. The monoisotopic (exact) mass is 430 g/mol. The maximum Gasteiger partial charge on any atom is 0.251 e. The highest BCUT2D eigenvalue weighted by Crippen LogP contribution is 2.27. The number of methoxy groups -OCH3 is 1. The Bertz CT molecular complexity index is 1020. The Morgan fingerprint density at radius 3 is 2.44 bits per heavy atom. The Morgan fingerprint density at radius 1 is 0.938 bits per heavy atom. The van der Waals surface area contributed by atoms with Crippen LogP contribution in [0.25, 0.3) is 0 Å². The summed E-state index contributed by atoms with van der Waals surface area (Å²) in [6.07, 6.45) is 2.38. The van der Waals surface area contributed by atoms with Crippen molar-refractivity contribution in [1.82, 2.24) is 10.2 Å². The van der Waals surface area contributed by atoms with E-state index in [1.54, 1.807) is 7.11 Å². The number of nitrogens with zero attached hydrogens (tertiary/aromatic N) is 1. The zero-order valence-corrected chi connectivity index (χ0v) is 18.5. The number of rotatable bonds is 9. The van der Waals surface area contributed by atoms with Gasteiger partial charge < -0.3 is 14.8 Å². The van der Waals surface area contributed by atoms with Gasteiger partial charge in [-0.3, -0.25) is 9.69 Å². The van der Waals surface area contributed by atoms with Crippen molar-refractivity contribution in [2.45, 2.75) is 25.5 Å². The standard InChI is InChI=1S/C27H30N2O3/c1-31-24-14-9-11-21(18-24)26(29-16-7-8-17-29)19-28-27(30)25-15-6-5-10-22(25)20-32-23-12-3-2-4-13-23/h2-6,9-15,18,26H,7-8,16-17,19-20H2,1H3,(H,28,30). The van der Waals surface area contributed by atoms with Crippen LogP contribution in [0.3, 0.4) is 0 Å². The molecular weight excluding hydrogens is 400 g/mol. The molecular formula is C27H30N2O3. The Kier molecular flexibility index (Phi) is 7.41. The summed E-state index contributed by atoms with van der Waals surface area (Å²) in [5.41, 5.74) is 2.68. The number of carbonyl (C=O) groups is 1. The molecule has 1 fully saturated rings. The molecule has 0 saturated carbocycles. The second-order valence-electron chi connectivity index (χ2n) is 8.00. The summed E-state index contributed by atoms with van der Waals surface area (Å²) in [6, 6.07) is 25.5. The normalized spacial score (nSPS) is 14.7. The molecule has 0 aromatic heterocycles. The summed E-state index contributed by atoms with van der Waals surface area (Å²) in [5.74, 6) is 1.54. The van der Waals surface area contributed by atoms with Crippen LogP contribution in [0.5, 0.6) is 11.5 Å². The predicted molar refractivity (Wildman–Crippen MR) is 126 cm³/mol. The number of benzene rings is 3. The summed E-state index contributed by atoms with van der Waals surface area (Å²) in [7, 11) is 1.68. The molecule has 3 aromatic carbocycles. The molecule has 1 heterocycles. The fourth-order valence-corrected chi connectivity index (χ4v) is 4.19. The summed E-state index contributed by atoms with van der Waals surface area (Å²) >= 11 is 0. The molecule has 1 aliphatic heterocycles. The van der Waals surface area contributed by atoms with Gasteiger partial charge in [-0.15, -0.1) is 0 Å². The van der Waals surface area contributed by atoms with Gasteiger partial charge in [-0.05, 0) is 61.8 Å². The van der Waals surface area contributed by atoms with Crippen molar-refractivity contribution in [2.24, 2.45) is 0 Å². The summed E-state index contributed by atoms with van der Waals surface area (Å²) in [4.78, 5) is 15.6. The van der Waals surface area contributed by atoms with Crippen molar-refractivity contribution in [3.8, 4) is 11.5 Å². The number of para-hydroxylation sites is 1. The zero-order valence-electron chi connectivity index (χ0n) is 18.5. The molecule has 5 heteroatoms. The second-order valence-corrected chi connectivity index (χ2v) is 8.00. The number of amides is 1. The molecule has 3 aromatic rings. The lowest BCUT2D eigenvalue weighted by Gasteiger charge is -2.28. The Hall–Kier alpha value is -3.31. The molecule has 32 heavy (non-hydrogen) atoms. The van der Waals surface area contributed by atoms with Crippen molar-refractivity contribution in [3.63, 3.8) is 0 Å². The molecule has 1 aliphatic rings. The second kappa shape index (κ2) is 10.8. The van der Waals surface area contributed by atoms with E-state index in [-0.39, 0.29) is 11.9 Å². The lowest BCUT2D eigenvalue weighted by Crippen LogP contribution is -2.37. The predicted octanol–water partition coefficient (Wildman–Crippen LogP) is 4.84. The van der Waals surface area contributed by atoms with E-state index in [2.05, 4.69) is 22.3 Å². The first-order valence-corrected chi connectivity index (χ1v) is 11.2. The topological polar surface area (TPSA) is 50.8 Å². The molecule has 5 nitrogen and oxygen atoms in total. The SMILES string of the molecule is COc1cccc(C(CNC(=O)c2ccccc2COc2ccccc2)N2CCCC2)c1. The van der Waals surface area contributed by atoms with Crippen LogP contribution in [0, 0.1) is 0 Å².